The number of aliphatic hydroxyl groups is 2. The molecule has 2 atom stereocenters. The molecule has 102 valence electrons. The zero-order valence-corrected chi connectivity index (χ0v) is 11.4. The van der Waals surface area contributed by atoms with Gasteiger partial charge in [-0.2, -0.15) is 0 Å². The SMILES string of the molecule is CC(O)COP(=O)(OCC(C)O)c1ccccc1. The summed E-state index contributed by atoms with van der Waals surface area (Å²) in [4.78, 5) is 0. The van der Waals surface area contributed by atoms with Gasteiger partial charge in [0.05, 0.1) is 30.7 Å². The monoisotopic (exact) mass is 274 g/mol. The van der Waals surface area contributed by atoms with Crippen molar-refractivity contribution in [2.75, 3.05) is 13.2 Å². The molecule has 0 fully saturated rings. The molecule has 0 radical (unpaired) electrons. The molecule has 1 aromatic rings. The summed E-state index contributed by atoms with van der Waals surface area (Å²) in [6.07, 6.45) is -1.48. The molecule has 0 spiro atoms. The van der Waals surface area contributed by atoms with Crippen LogP contribution >= 0.6 is 7.60 Å². The smallest absolute Gasteiger partial charge is 0.361 e. The van der Waals surface area contributed by atoms with Crippen LogP contribution in [-0.2, 0) is 13.6 Å². The molecule has 0 saturated heterocycles. The van der Waals surface area contributed by atoms with E-state index in [2.05, 4.69) is 0 Å². The van der Waals surface area contributed by atoms with Crippen molar-refractivity contribution in [1.29, 1.82) is 0 Å². The predicted octanol–water partition coefficient (Wildman–Crippen LogP) is 1.30. The van der Waals surface area contributed by atoms with Crippen LogP contribution in [0.1, 0.15) is 13.8 Å². The average molecular weight is 274 g/mol. The third kappa shape index (κ3) is 4.88. The third-order valence-corrected chi connectivity index (χ3v) is 3.95. The number of hydrogen-bond donors (Lipinski definition) is 2. The molecule has 0 aliphatic rings. The molecular formula is C12H19O5P. The Bertz CT molecular complexity index is 375. The Morgan fingerprint density at radius 3 is 1.89 bits per heavy atom. The van der Waals surface area contributed by atoms with E-state index in [0.717, 1.165) is 0 Å². The molecule has 0 saturated carbocycles. The van der Waals surface area contributed by atoms with Crippen molar-refractivity contribution < 1.29 is 23.8 Å². The summed E-state index contributed by atoms with van der Waals surface area (Å²) < 4.78 is 23.0. The maximum Gasteiger partial charge on any atom is 0.361 e. The molecule has 0 heterocycles. The van der Waals surface area contributed by atoms with Crippen LogP contribution in [0.2, 0.25) is 0 Å². The lowest BCUT2D eigenvalue weighted by Gasteiger charge is -2.20. The minimum absolute atomic E-state index is 0.0913. The Labute approximate surface area is 107 Å². The van der Waals surface area contributed by atoms with E-state index >= 15 is 0 Å². The maximum atomic E-state index is 12.6. The first kappa shape index (κ1) is 15.3. The van der Waals surface area contributed by atoms with Crippen LogP contribution in [0.4, 0.5) is 0 Å². The Morgan fingerprint density at radius 1 is 1.06 bits per heavy atom. The third-order valence-electron chi connectivity index (χ3n) is 2.04. The summed E-state index contributed by atoms with van der Waals surface area (Å²) >= 11 is 0. The molecule has 6 heteroatoms. The van der Waals surface area contributed by atoms with Crippen LogP contribution < -0.4 is 5.30 Å². The summed E-state index contributed by atoms with van der Waals surface area (Å²) in [6.45, 7) is 2.88. The lowest BCUT2D eigenvalue weighted by molar-refractivity contribution is 0.0846. The van der Waals surface area contributed by atoms with Gasteiger partial charge in [0.15, 0.2) is 0 Å². The van der Waals surface area contributed by atoms with Crippen LogP contribution in [0.5, 0.6) is 0 Å². The van der Waals surface area contributed by atoms with Crippen molar-refractivity contribution in [3.8, 4) is 0 Å². The summed E-state index contributed by atoms with van der Waals surface area (Å²) in [7, 11) is -3.50. The predicted molar refractivity (Wildman–Crippen MR) is 68.9 cm³/mol. The van der Waals surface area contributed by atoms with Gasteiger partial charge in [-0.25, -0.2) is 0 Å². The van der Waals surface area contributed by atoms with E-state index in [1.165, 1.54) is 13.8 Å². The lowest BCUT2D eigenvalue weighted by atomic mass is 10.4. The van der Waals surface area contributed by atoms with Gasteiger partial charge in [-0.3, -0.25) is 4.57 Å². The second kappa shape index (κ2) is 7.02. The number of rotatable bonds is 7. The lowest BCUT2D eigenvalue weighted by Crippen LogP contribution is -2.19. The molecule has 0 bridgehead atoms. The van der Waals surface area contributed by atoms with E-state index < -0.39 is 19.8 Å². The largest absolute Gasteiger partial charge is 0.391 e. The minimum atomic E-state index is -3.50. The molecule has 2 N–H and O–H groups in total. The van der Waals surface area contributed by atoms with Gasteiger partial charge in [-0.05, 0) is 26.0 Å². The van der Waals surface area contributed by atoms with Crippen LogP contribution in [-0.4, -0.2) is 35.6 Å². The molecule has 0 aliphatic heterocycles. The molecule has 1 rings (SSSR count). The van der Waals surface area contributed by atoms with Gasteiger partial charge in [0.1, 0.15) is 0 Å². The van der Waals surface area contributed by atoms with Crippen molar-refractivity contribution in [2.24, 2.45) is 0 Å². The van der Waals surface area contributed by atoms with Crippen LogP contribution in [0.15, 0.2) is 30.3 Å². The van der Waals surface area contributed by atoms with Crippen molar-refractivity contribution in [2.45, 2.75) is 26.1 Å². The summed E-state index contributed by atoms with van der Waals surface area (Å²) in [5.41, 5.74) is 0. The van der Waals surface area contributed by atoms with E-state index in [4.69, 9.17) is 9.05 Å². The van der Waals surface area contributed by atoms with Gasteiger partial charge in [0, 0.05) is 0 Å². The number of aliphatic hydroxyl groups excluding tert-OH is 2. The van der Waals surface area contributed by atoms with E-state index in [0.29, 0.717) is 5.30 Å². The Balaban J connectivity index is 2.83. The number of hydrogen-bond acceptors (Lipinski definition) is 5. The summed E-state index contributed by atoms with van der Waals surface area (Å²) in [5.74, 6) is 0. The number of benzene rings is 1. The standard InChI is InChI=1S/C12H19O5P/c1-10(13)8-16-18(15,17-9-11(2)14)12-6-4-3-5-7-12/h3-7,10-11,13-14H,8-9H2,1-2H3. The van der Waals surface area contributed by atoms with Gasteiger partial charge in [0.25, 0.3) is 0 Å². The molecule has 0 aliphatic carbocycles. The van der Waals surface area contributed by atoms with Gasteiger partial charge >= 0.3 is 7.60 Å². The zero-order chi connectivity index (χ0) is 13.6. The van der Waals surface area contributed by atoms with E-state index in [1.807, 2.05) is 0 Å². The van der Waals surface area contributed by atoms with Crippen molar-refractivity contribution in [3.05, 3.63) is 30.3 Å². The van der Waals surface area contributed by atoms with Crippen LogP contribution in [0.3, 0.4) is 0 Å². The molecule has 0 amide bonds. The molecular weight excluding hydrogens is 255 g/mol. The second-order valence-corrected chi connectivity index (χ2v) is 6.15. The fourth-order valence-electron chi connectivity index (χ4n) is 1.21. The van der Waals surface area contributed by atoms with E-state index in [1.54, 1.807) is 30.3 Å². The normalized spacial score (nSPS) is 18.0. The van der Waals surface area contributed by atoms with Gasteiger partial charge in [-0.1, -0.05) is 18.2 Å². The van der Waals surface area contributed by atoms with E-state index in [9.17, 15) is 14.8 Å². The minimum Gasteiger partial charge on any atom is -0.391 e. The summed E-state index contributed by atoms with van der Waals surface area (Å²) in [6, 6.07) is 8.49. The fraction of sp³-hybridized carbons (Fsp3) is 0.500. The van der Waals surface area contributed by atoms with Gasteiger partial charge in [-0.15, -0.1) is 0 Å². The van der Waals surface area contributed by atoms with Crippen LogP contribution in [0.25, 0.3) is 0 Å². The molecule has 2 unspecified atom stereocenters. The Morgan fingerprint density at radius 2 is 1.50 bits per heavy atom. The maximum absolute atomic E-state index is 12.6. The van der Waals surface area contributed by atoms with E-state index in [-0.39, 0.29) is 13.2 Å². The second-order valence-electron chi connectivity index (χ2n) is 4.12. The summed E-state index contributed by atoms with van der Waals surface area (Å²) in [5, 5.41) is 18.8. The fourth-order valence-corrected chi connectivity index (χ4v) is 2.94. The van der Waals surface area contributed by atoms with Crippen molar-refractivity contribution >= 4 is 12.9 Å². The zero-order valence-electron chi connectivity index (χ0n) is 10.5. The highest BCUT2D eigenvalue weighted by atomic mass is 31.2. The quantitative estimate of drug-likeness (QED) is 0.733. The topological polar surface area (TPSA) is 76.0 Å². The highest BCUT2D eigenvalue weighted by Crippen LogP contribution is 2.47. The highest BCUT2D eigenvalue weighted by Gasteiger charge is 2.28. The molecule has 18 heavy (non-hydrogen) atoms. The first-order chi connectivity index (χ1) is 8.44. The molecule has 5 nitrogen and oxygen atoms in total. The van der Waals surface area contributed by atoms with Crippen molar-refractivity contribution in [3.63, 3.8) is 0 Å². The first-order valence-electron chi connectivity index (χ1n) is 5.75. The Hall–Kier alpha value is -0.710. The van der Waals surface area contributed by atoms with Crippen LogP contribution in [0, 0.1) is 0 Å². The first-order valence-corrected chi connectivity index (χ1v) is 7.29. The average Bonchev–Trinajstić information content (AvgIpc) is 2.35. The molecule has 1 aromatic carbocycles. The highest BCUT2D eigenvalue weighted by molar-refractivity contribution is 7.62. The van der Waals surface area contributed by atoms with Gasteiger partial charge < -0.3 is 19.3 Å². The van der Waals surface area contributed by atoms with Gasteiger partial charge in [0.2, 0.25) is 0 Å². The molecule has 0 aromatic heterocycles. The van der Waals surface area contributed by atoms with Crippen molar-refractivity contribution in [1.82, 2.24) is 0 Å². The Kier molecular flexibility index (Phi) is 5.99.